The van der Waals surface area contributed by atoms with Crippen molar-refractivity contribution >= 4 is 0 Å². The highest BCUT2D eigenvalue weighted by Crippen LogP contribution is 2.07. The summed E-state index contributed by atoms with van der Waals surface area (Å²) in [4.78, 5) is 0. The van der Waals surface area contributed by atoms with Crippen molar-refractivity contribution in [1.29, 1.82) is 0 Å². The minimum atomic E-state index is -0.337. The van der Waals surface area contributed by atoms with Crippen molar-refractivity contribution in [3.8, 4) is 0 Å². The zero-order valence-electron chi connectivity index (χ0n) is 7.25. The SMILES string of the molecule is C=C/C=C\C(=C/C)C(O)CC. The lowest BCUT2D eigenvalue weighted by Gasteiger charge is -2.07. The summed E-state index contributed by atoms with van der Waals surface area (Å²) in [6, 6.07) is 0. The first-order valence-corrected chi connectivity index (χ1v) is 3.89. The Kier molecular flexibility index (Phi) is 5.49. The van der Waals surface area contributed by atoms with Crippen LogP contribution >= 0.6 is 0 Å². The van der Waals surface area contributed by atoms with Crippen molar-refractivity contribution < 1.29 is 5.11 Å². The second-order valence-electron chi connectivity index (χ2n) is 2.31. The Hall–Kier alpha value is -0.820. The maximum atomic E-state index is 9.39. The molecule has 1 unspecified atom stereocenters. The van der Waals surface area contributed by atoms with E-state index in [1.807, 2.05) is 32.1 Å². The molecule has 0 aliphatic rings. The minimum absolute atomic E-state index is 0.337. The minimum Gasteiger partial charge on any atom is -0.388 e. The molecule has 0 aromatic heterocycles. The Bertz CT molecular complexity index is 166. The van der Waals surface area contributed by atoms with Crippen LogP contribution in [-0.4, -0.2) is 11.2 Å². The first-order chi connectivity index (χ1) is 5.26. The van der Waals surface area contributed by atoms with Gasteiger partial charge in [-0.1, -0.05) is 37.8 Å². The molecule has 0 radical (unpaired) electrons. The maximum Gasteiger partial charge on any atom is 0.0784 e. The van der Waals surface area contributed by atoms with Gasteiger partial charge in [0.2, 0.25) is 0 Å². The smallest absolute Gasteiger partial charge is 0.0784 e. The average molecular weight is 152 g/mol. The second kappa shape index (κ2) is 5.93. The summed E-state index contributed by atoms with van der Waals surface area (Å²) in [5.74, 6) is 0. The lowest BCUT2D eigenvalue weighted by Crippen LogP contribution is -2.05. The highest BCUT2D eigenvalue weighted by atomic mass is 16.3. The zero-order chi connectivity index (χ0) is 8.69. The van der Waals surface area contributed by atoms with Crippen LogP contribution in [0.5, 0.6) is 0 Å². The van der Waals surface area contributed by atoms with Crippen molar-refractivity contribution in [1.82, 2.24) is 0 Å². The monoisotopic (exact) mass is 152 g/mol. The van der Waals surface area contributed by atoms with Gasteiger partial charge in [-0.2, -0.15) is 0 Å². The van der Waals surface area contributed by atoms with Gasteiger partial charge < -0.3 is 5.11 Å². The van der Waals surface area contributed by atoms with Gasteiger partial charge in [0.15, 0.2) is 0 Å². The number of hydrogen-bond donors (Lipinski definition) is 1. The average Bonchev–Trinajstić information content (AvgIpc) is 2.05. The molecular formula is C10H16O. The Labute approximate surface area is 68.7 Å². The van der Waals surface area contributed by atoms with Crippen LogP contribution in [0, 0.1) is 0 Å². The van der Waals surface area contributed by atoms with Gasteiger partial charge in [-0.15, -0.1) is 0 Å². The normalized spacial score (nSPS) is 15.4. The number of hydrogen-bond acceptors (Lipinski definition) is 1. The highest BCUT2D eigenvalue weighted by Gasteiger charge is 2.01. The Morgan fingerprint density at radius 3 is 2.64 bits per heavy atom. The quantitative estimate of drug-likeness (QED) is 0.613. The van der Waals surface area contributed by atoms with E-state index < -0.39 is 0 Å². The molecule has 0 aromatic carbocycles. The van der Waals surface area contributed by atoms with Crippen molar-refractivity contribution in [3.05, 3.63) is 36.5 Å². The molecule has 0 aromatic rings. The van der Waals surface area contributed by atoms with Crippen molar-refractivity contribution in [2.75, 3.05) is 0 Å². The molecule has 0 heterocycles. The molecule has 1 N–H and O–H groups in total. The van der Waals surface area contributed by atoms with Gasteiger partial charge in [-0.25, -0.2) is 0 Å². The van der Waals surface area contributed by atoms with E-state index in [0.29, 0.717) is 0 Å². The molecule has 62 valence electrons. The van der Waals surface area contributed by atoms with Crippen molar-refractivity contribution in [2.45, 2.75) is 26.4 Å². The number of aliphatic hydroxyl groups is 1. The summed E-state index contributed by atoms with van der Waals surface area (Å²) < 4.78 is 0. The van der Waals surface area contributed by atoms with Crippen molar-refractivity contribution in [2.24, 2.45) is 0 Å². The fourth-order valence-electron chi connectivity index (χ4n) is 0.815. The van der Waals surface area contributed by atoms with E-state index in [9.17, 15) is 5.11 Å². The first-order valence-electron chi connectivity index (χ1n) is 3.89. The molecule has 1 atom stereocenters. The molecule has 0 saturated heterocycles. The van der Waals surface area contributed by atoms with Crippen molar-refractivity contribution in [3.63, 3.8) is 0 Å². The molecule has 0 rings (SSSR count). The van der Waals surface area contributed by atoms with E-state index in [4.69, 9.17) is 0 Å². The third-order valence-corrected chi connectivity index (χ3v) is 1.53. The van der Waals surface area contributed by atoms with E-state index in [1.165, 1.54) is 0 Å². The number of rotatable bonds is 4. The summed E-state index contributed by atoms with van der Waals surface area (Å²) >= 11 is 0. The van der Waals surface area contributed by atoms with Crippen LogP contribution in [0.1, 0.15) is 20.3 Å². The van der Waals surface area contributed by atoms with Crippen LogP contribution in [-0.2, 0) is 0 Å². The molecule has 0 amide bonds. The van der Waals surface area contributed by atoms with Gasteiger partial charge in [-0.3, -0.25) is 0 Å². The predicted molar refractivity (Wildman–Crippen MR) is 49.4 cm³/mol. The van der Waals surface area contributed by atoms with E-state index in [0.717, 1.165) is 12.0 Å². The maximum absolute atomic E-state index is 9.39. The van der Waals surface area contributed by atoms with Crippen LogP contribution in [0.15, 0.2) is 36.5 Å². The van der Waals surface area contributed by atoms with Gasteiger partial charge in [-0.05, 0) is 18.9 Å². The Balaban J connectivity index is 4.18. The molecule has 0 saturated carbocycles. The first kappa shape index (κ1) is 10.2. The molecule has 11 heavy (non-hydrogen) atoms. The molecule has 0 aliphatic heterocycles. The van der Waals surface area contributed by atoms with Gasteiger partial charge in [0.1, 0.15) is 0 Å². The van der Waals surface area contributed by atoms with E-state index in [2.05, 4.69) is 6.58 Å². The molecule has 0 fully saturated rings. The fraction of sp³-hybridized carbons (Fsp3) is 0.400. The topological polar surface area (TPSA) is 20.2 Å². The van der Waals surface area contributed by atoms with Gasteiger partial charge in [0, 0.05) is 0 Å². The van der Waals surface area contributed by atoms with Gasteiger partial charge >= 0.3 is 0 Å². The molecule has 1 heteroatoms. The standard InChI is InChI=1S/C10H16O/c1-4-7-8-9(5-2)10(11)6-3/h4-5,7-8,10-11H,1,6H2,2-3H3/b8-7-,9-5+. The lowest BCUT2D eigenvalue weighted by molar-refractivity contribution is 0.210. The Morgan fingerprint density at radius 2 is 2.27 bits per heavy atom. The molecule has 1 nitrogen and oxygen atoms in total. The zero-order valence-corrected chi connectivity index (χ0v) is 7.25. The summed E-state index contributed by atoms with van der Waals surface area (Å²) in [6.45, 7) is 7.43. The predicted octanol–water partition coefficient (Wildman–Crippen LogP) is 2.45. The Morgan fingerprint density at radius 1 is 1.64 bits per heavy atom. The third-order valence-electron chi connectivity index (χ3n) is 1.53. The molecule has 0 bridgehead atoms. The number of allylic oxidation sites excluding steroid dienone is 3. The van der Waals surface area contributed by atoms with Crippen LogP contribution in [0.2, 0.25) is 0 Å². The van der Waals surface area contributed by atoms with Crippen LogP contribution in [0.4, 0.5) is 0 Å². The number of aliphatic hydroxyl groups excluding tert-OH is 1. The highest BCUT2D eigenvalue weighted by molar-refractivity contribution is 5.24. The van der Waals surface area contributed by atoms with E-state index in [-0.39, 0.29) is 6.10 Å². The molecular weight excluding hydrogens is 136 g/mol. The summed E-state index contributed by atoms with van der Waals surface area (Å²) in [5, 5.41) is 9.39. The largest absolute Gasteiger partial charge is 0.388 e. The second-order valence-corrected chi connectivity index (χ2v) is 2.31. The lowest BCUT2D eigenvalue weighted by atomic mass is 10.1. The third kappa shape index (κ3) is 3.79. The summed E-state index contributed by atoms with van der Waals surface area (Å²) in [7, 11) is 0. The van der Waals surface area contributed by atoms with E-state index >= 15 is 0 Å². The summed E-state index contributed by atoms with van der Waals surface area (Å²) in [5.41, 5.74) is 0.951. The van der Waals surface area contributed by atoms with Crippen LogP contribution in [0.25, 0.3) is 0 Å². The van der Waals surface area contributed by atoms with E-state index in [1.54, 1.807) is 6.08 Å². The summed E-state index contributed by atoms with van der Waals surface area (Å²) in [6.07, 6.45) is 7.73. The molecule has 0 spiro atoms. The molecule has 0 aliphatic carbocycles. The van der Waals surface area contributed by atoms with Crippen LogP contribution in [0.3, 0.4) is 0 Å². The van der Waals surface area contributed by atoms with Gasteiger partial charge in [0.05, 0.1) is 6.10 Å². The van der Waals surface area contributed by atoms with Gasteiger partial charge in [0.25, 0.3) is 0 Å². The fourth-order valence-corrected chi connectivity index (χ4v) is 0.815. The van der Waals surface area contributed by atoms with Crippen LogP contribution < -0.4 is 0 Å².